The summed E-state index contributed by atoms with van der Waals surface area (Å²) in [5.74, 6) is 1.76. The third kappa shape index (κ3) is 3.67. The van der Waals surface area contributed by atoms with Gasteiger partial charge in [0.05, 0.1) is 6.61 Å². The van der Waals surface area contributed by atoms with Crippen LogP contribution in [0.4, 0.5) is 0 Å². The van der Waals surface area contributed by atoms with Crippen molar-refractivity contribution in [1.29, 1.82) is 0 Å². The summed E-state index contributed by atoms with van der Waals surface area (Å²) in [7, 11) is 1.61. The van der Waals surface area contributed by atoms with Gasteiger partial charge in [-0.3, -0.25) is 4.79 Å². The lowest BCUT2D eigenvalue weighted by molar-refractivity contribution is 0.299. The van der Waals surface area contributed by atoms with E-state index in [0.29, 0.717) is 29.4 Å². The molecule has 0 saturated carbocycles. The fourth-order valence-electron chi connectivity index (χ4n) is 2.57. The second-order valence-corrected chi connectivity index (χ2v) is 5.64. The summed E-state index contributed by atoms with van der Waals surface area (Å²) >= 11 is 0. The first kappa shape index (κ1) is 17.5. The fraction of sp³-hybridized carbons (Fsp3) is 0.143. The lowest BCUT2D eigenvalue weighted by Gasteiger charge is -2.15. The van der Waals surface area contributed by atoms with E-state index in [1.807, 2.05) is 61.5 Å². The van der Waals surface area contributed by atoms with E-state index < -0.39 is 0 Å². The summed E-state index contributed by atoms with van der Waals surface area (Å²) in [4.78, 5) is 12.1. The molecule has 0 N–H and O–H groups in total. The molecule has 0 unspecified atom stereocenters. The Labute approximate surface area is 152 Å². The van der Waals surface area contributed by atoms with Crippen LogP contribution in [-0.2, 0) is 11.8 Å². The van der Waals surface area contributed by atoms with Crippen LogP contribution in [0.5, 0.6) is 11.5 Å². The molecule has 0 atom stereocenters. The third-order valence-corrected chi connectivity index (χ3v) is 3.82. The van der Waals surface area contributed by atoms with E-state index in [1.54, 1.807) is 7.05 Å². The van der Waals surface area contributed by atoms with Gasteiger partial charge < -0.3 is 9.47 Å². The van der Waals surface area contributed by atoms with Crippen molar-refractivity contribution in [3.05, 3.63) is 83.2 Å². The predicted octanol–water partition coefficient (Wildman–Crippen LogP) is 4.25. The standard InChI is InChI=1S/C21H20N2O3/c1-4-25-15(2)18-14-20(24)23(3)22-21(18)17-12-8-9-13-19(17)26-16-10-6-5-7-11-16/h5-14H,2,4H2,1,3H3. The van der Waals surface area contributed by atoms with Gasteiger partial charge in [-0.25, -0.2) is 4.68 Å². The van der Waals surface area contributed by atoms with Gasteiger partial charge >= 0.3 is 0 Å². The molecule has 0 aliphatic rings. The van der Waals surface area contributed by atoms with Crippen LogP contribution in [0.25, 0.3) is 17.0 Å². The number of hydrogen-bond donors (Lipinski definition) is 0. The van der Waals surface area contributed by atoms with Crippen molar-refractivity contribution >= 4 is 5.76 Å². The minimum absolute atomic E-state index is 0.230. The number of rotatable bonds is 6. The van der Waals surface area contributed by atoms with E-state index in [2.05, 4.69) is 11.7 Å². The number of benzene rings is 2. The Kier molecular flexibility index (Phi) is 5.17. The average Bonchev–Trinajstić information content (AvgIpc) is 2.65. The first-order valence-corrected chi connectivity index (χ1v) is 8.33. The first-order valence-electron chi connectivity index (χ1n) is 8.33. The van der Waals surface area contributed by atoms with Crippen molar-refractivity contribution in [2.75, 3.05) is 6.61 Å². The van der Waals surface area contributed by atoms with Gasteiger partial charge in [0.2, 0.25) is 0 Å². The van der Waals surface area contributed by atoms with E-state index in [-0.39, 0.29) is 5.56 Å². The van der Waals surface area contributed by atoms with Gasteiger partial charge in [0, 0.05) is 24.2 Å². The summed E-state index contributed by atoms with van der Waals surface area (Å²) in [5, 5.41) is 4.43. The Bertz CT molecular complexity index is 978. The first-order chi connectivity index (χ1) is 12.6. The normalized spacial score (nSPS) is 10.4. The Morgan fingerprint density at radius 3 is 2.54 bits per heavy atom. The quantitative estimate of drug-likeness (QED) is 0.625. The molecular formula is C21H20N2O3. The molecule has 26 heavy (non-hydrogen) atoms. The van der Waals surface area contributed by atoms with Crippen LogP contribution in [0.3, 0.4) is 0 Å². The van der Waals surface area contributed by atoms with Crippen molar-refractivity contribution in [3.63, 3.8) is 0 Å². The average molecular weight is 348 g/mol. The summed E-state index contributed by atoms with van der Waals surface area (Å²) < 4.78 is 12.8. The van der Waals surface area contributed by atoms with Crippen LogP contribution < -0.4 is 10.3 Å². The van der Waals surface area contributed by atoms with Gasteiger partial charge in [0.1, 0.15) is 23.0 Å². The minimum atomic E-state index is -0.230. The molecule has 0 bridgehead atoms. The minimum Gasteiger partial charge on any atom is -0.494 e. The highest BCUT2D eigenvalue weighted by Crippen LogP contribution is 2.35. The van der Waals surface area contributed by atoms with E-state index in [4.69, 9.17) is 9.47 Å². The summed E-state index contributed by atoms with van der Waals surface area (Å²) in [6, 6.07) is 18.5. The number of aromatic nitrogens is 2. The molecule has 3 rings (SSSR count). The van der Waals surface area contributed by atoms with Crippen molar-refractivity contribution < 1.29 is 9.47 Å². The van der Waals surface area contributed by atoms with E-state index in [1.165, 1.54) is 10.7 Å². The van der Waals surface area contributed by atoms with Gasteiger partial charge in [0.25, 0.3) is 5.56 Å². The monoisotopic (exact) mass is 348 g/mol. The zero-order valence-corrected chi connectivity index (χ0v) is 14.8. The van der Waals surface area contributed by atoms with Crippen LogP contribution in [0.15, 0.2) is 72.0 Å². The van der Waals surface area contributed by atoms with E-state index in [0.717, 1.165) is 11.3 Å². The molecule has 0 radical (unpaired) electrons. The Balaban J connectivity index is 2.13. The summed E-state index contributed by atoms with van der Waals surface area (Å²) in [6.45, 7) is 6.25. The topological polar surface area (TPSA) is 53.4 Å². The van der Waals surface area contributed by atoms with Gasteiger partial charge in [-0.05, 0) is 31.2 Å². The Morgan fingerprint density at radius 1 is 1.12 bits per heavy atom. The van der Waals surface area contributed by atoms with Gasteiger partial charge in [-0.2, -0.15) is 5.10 Å². The highest BCUT2D eigenvalue weighted by molar-refractivity contribution is 5.78. The molecule has 1 heterocycles. The predicted molar refractivity (Wildman–Crippen MR) is 102 cm³/mol. The molecule has 0 saturated heterocycles. The highest BCUT2D eigenvalue weighted by atomic mass is 16.5. The molecule has 0 spiro atoms. The third-order valence-electron chi connectivity index (χ3n) is 3.82. The lowest BCUT2D eigenvalue weighted by atomic mass is 10.0. The maximum Gasteiger partial charge on any atom is 0.267 e. The maximum absolute atomic E-state index is 12.1. The molecule has 1 aromatic heterocycles. The number of nitrogens with zero attached hydrogens (tertiary/aromatic N) is 2. The van der Waals surface area contributed by atoms with Crippen LogP contribution in [0.1, 0.15) is 12.5 Å². The molecule has 5 heteroatoms. The van der Waals surface area contributed by atoms with Gasteiger partial charge in [0.15, 0.2) is 0 Å². The summed E-state index contributed by atoms with van der Waals surface area (Å²) in [5.41, 5.74) is 1.66. The SMILES string of the molecule is C=C(OCC)c1cc(=O)n(C)nc1-c1ccccc1Oc1ccccc1. The van der Waals surface area contributed by atoms with Crippen LogP contribution in [0, 0.1) is 0 Å². The fourth-order valence-corrected chi connectivity index (χ4v) is 2.57. The van der Waals surface area contributed by atoms with Crippen molar-refractivity contribution in [2.45, 2.75) is 6.92 Å². The van der Waals surface area contributed by atoms with Crippen LogP contribution in [-0.4, -0.2) is 16.4 Å². The van der Waals surface area contributed by atoms with Gasteiger partial charge in [-0.15, -0.1) is 0 Å². The number of ether oxygens (including phenoxy) is 2. The smallest absolute Gasteiger partial charge is 0.267 e. The number of hydrogen-bond acceptors (Lipinski definition) is 4. The van der Waals surface area contributed by atoms with Crippen LogP contribution in [0.2, 0.25) is 0 Å². The molecular weight excluding hydrogens is 328 g/mol. The molecule has 0 amide bonds. The largest absolute Gasteiger partial charge is 0.494 e. The highest BCUT2D eigenvalue weighted by Gasteiger charge is 2.17. The van der Waals surface area contributed by atoms with Crippen molar-refractivity contribution in [1.82, 2.24) is 9.78 Å². The summed E-state index contributed by atoms with van der Waals surface area (Å²) in [6.07, 6.45) is 0. The lowest BCUT2D eigenvalue weighted by Crippen LogP contribution is -2.20. The molecule has 132 valence electrons. The zero-order chi connectivity index (χ0) is 18.5. The molecule has 5 nitrogen and oxygen atoms in total. The second kappa shape index (κ2) is 7.70. The Morgan fingerprint density at radius 2 is 1.81 bits per heavy atom. The zero-order valence-electron chi connectivity index (χ0n) is 14.8. The Hall–Kier alpha value is -3.34. The molecule has 3 aromatic rings. The second-order valence-electron chi connectivity index (χ2n) is 5.64. The molecule has 0 fully saturated rings. The molecule has 0 aliphatic heterocycles. The van der Waals surface area contributed by atoms with E-state index >= 15 is 0 Å². The van der Waals surface area contributed by atoms with Crippen molar-refractivity contribution in [2.24, 2.45) is 7.05 Å². The van der Waals surface area contributed by atoms with Crippen molar-refractivity contribution in [3.8, 4) is 22.8 Å². The molecule has 2 aromatic carbocycles. The number of aryl methyl sites for hydroxylation is 1. The molecule has 0 aliphatic carbocycles. The van der Waals surface area contributed by atoms with Gasteiger partial charge in [-0.1, -0.05) is 36.9 Å². The van der Waals surface area contributed by atoms with E-state index in [9.17, 15) is 4.79 Å². The maximum atomic E-state index is 12.1. The van der Waals surface area contributed by atoms with Crippen LogP contribution >= 0.6 is 0 Å². The number of para-hydroxylation sites is 2.